The number of primary amides is 1. The average Bonchev–Trinajstić information content (AvgIpc) is 4.30. The van der Waals surface area contributed by atoms with E-state index in [4.69, 9.17) is 28.7 Å². The Morgan fingerprint density at radius 1 is 0.790 bits per heavy atom. The summed E-state index contributed by atoms with van der Waals surface area (Å²) in [6.07, 6.45) is 5.00. The number of fused-ring (bicyclic) bond motifs is 1. The van der Waals surface area contributed by atoms with E-state index in [2.05, 4.69) is 57.5 Å². The van der Waals surface area contributed by atoms with Crippen LogP contribution < -0.4 is 54.0 Å². The first-order valence-electron chi connectivity index (χ1n) is 26.1. The molecule has 5 rings (SSSR count). The van der Waals surface area contributed by atoms with Gasteiger partial charge in [-0.3, -0.25) is 53.4 Å². The lowest BCUT2D eigenvalue weighted by Gasteiger charge is -2.30. The number of halogens is 1. The van der Waals surface area contributed by atoms with Crippen molar-refractivity contribution in [2.75, 3.05) is 32.8 Å². The summed E-state index contributed by atoms with van der Waals surface area (Å²) in [5, 5.41) is 49.2. The number of nitrogens with two attached hydrogens (primary N) is 2. The van der Waals surface area contributed by atoms with Crippen LogP contribution in [0.4, 0.5) is 0 Å². The van der Waals surface area contributed by atoms with Crippen LogP contribution in [0.2, 0.25) is 0 Å². The van der Waals surface area contributed by atoms with Crippen LogP contribution >= 0.6 is 11.8 Å². The summed E-state index contributed by atoms with van der Waals surface area (Å²) in [4.78, 5) is 146. The van der Waals surface area contributed by atoms with Gasteiger partial charge in [0.05, 0.1) is 31.7 Å². The number of aromatic hydroxyl groups is 1. The highest BCUT2D eigenvalue weighted by Gasteiger charge is 2.39. The van der Waals surface area contributed by atoms with Crippen LogP contribution in [0.15, 0.2) is 67.3 Å². The molecule has 1 aliphatic rings. The molecule has 2 aromatic carbocycles. The Labute approximate surface area is 471 Å². The van der Waals surface area contributed by atoms with E-state index < -0.39 is 121 Å². The number of guanidine groups is 1. The van der Waals surface area contributed by atoms with Gasteiger partial charge in [0.1, 0.15) is 48.0 Å². The zero-order valence-electron chi connectivity index (χ0n) is 45.0. The first-order valence-corrected chi connectivity index (χ1v) is 26.5. The molecule has 0 spiro atoms. The molecule has 10 amide bonds. The topological polar surface area (TPSA) is 434 Å². The fourth-order valence-corrected chi connectivity index (χ4v) is 9.16. The molecule has 1 fully saturated rings. The summed E-state index contributed by atoms with van der Waals surface area (Å²) in [5.74, 6) is -8.69. The molecule has 1 aliphatic heterocycles. The van der Waals surface area contributed by atoms with E-state index >= 15 is 0 Å². The first-order chi connectivity index (χ1) is 38.5. The van der Waals surface area contributed by atoms with Crippen molar-refractivity contribution in [2.24, 2.45) is 17.4 Å². The second-order valence-electron chi connectivity index (χ2n) is 19.8. The molecule has 17 N–H and O–H groups in total. The second-order valence-corrected chi connectivity index (χ2v) is 20.2. The predicted molar refractivity (Wildman–Crippen MR) is 294 cm³/mol. The number of aliphatic hydroxyl groups is 1. The Kier molecular flexibility index (Phi) is 23.8. The smallest absolute Gasteiger partial charge is 0.245 e. The Hall–Kier alpha value is -8.79. The molecule has 0 radical (unpaired) electrons. The van der Waals surface area contributed by atoms with Crippen molar-refractivity contribution in [3.05, 3.63) is 84.1 Å². The lowest BCUT2D eigenvalue weighted by atomic mass is 10.0. The molecule has 3 heterocycles. The molecule has 0 unspecified atom stereocenters. The minimum Gasteiger partial charge on any atom is -0.508 e. The van der Waals surface area contributed by atoms with E-state index in [1.807, 2.05) is 0 Å². The number of nitrogens with one attached hydrogen (secondary N) is 11. The maximum atomic E-state index is 14.3. The Morgan fingerprint density at radius 3 is 2.10 bits per heavy atom. The molecule has 0 bridgehead atoms. The fraction of sp³-hybridized carbons (Fsp3) is 0.462. The monoisotopic (exact) mass is 1150 g/mol. The minimum absolute atomic E-state index is 0.0236. The van der Waals surface area contributed by atoms with Crippen molar-refractivity contribution < 1.29 is 58.2 Å². The van der Waals surface area contributed by atoms with Gasteiger partial charge in [0.25, 0.3) is 0 Å². The van der Waals surface area contributed by atoms with Crippen molar-refractivity contribution in [1.82, 2.24) is 66.8 Å². The number of phenolic OH excluding ortho intramolecular Hbond substituents is 1. The Morgan fingerprint density at radius 2 is 1.44 bits per heavy atom. The van der Waals surface area contributed by atoms with Crippen LogP contribution in [0.1, 0.15) is 69.7 Å². The largest absolute Gasteiger partial charge is 0.508 e. The molecular formula is C52H71ClN16O12. The van der Waals surface area contributed by atoms with E-state index in [9.17, 15) is 58.2 Å². The van der Waals surface area contributed by atoms with Crippen LogP contribution in [0.25, 0.3) is 10.9 Å². The highest BCUT2D eigenvalue weighted by molar-refractivity contribution is 6.22. The molecule has 0 saturated carbocycles. The van der Waals surface area contributed by atoms with E-state index in [1.54, 1.807) is 44.3 Å². The Balaban J connectivity index is 1.31. The highest BCUT2D eigenvalue weighted by Crippen LogP contribution is 2.22. The molecule has 438 valence electrons. The molecule has 28 nitrogen and oxygen atoms in total. The van der Waals surface area contributed by atoms with Crippen molar-refractivity contribution in [1.29, 1.82) is 5.41 Å². The number of hydrogen-bond acceptors (Lipinski definition) is 14. The van der Waals surface area contributed by atoms with Gasteiger partial charge >= 0.3 is 0 Å². The number of aromatic amines is 2. The average molecular weight is 1150 g/mol. The summed E-state index contributed by atoms with van der Waals surface area (Å²) < 4.78 is 0.673. The summed E-state index contributed by atoms with van der Waals surface area (Å²) in [7, 11) is 0. The van der Waals surface area contributed by atoms with Gasteiger partial charge in [-0.05, 0) is 67.3 Å². The third-order valence-electron chi connectivity index (χ3n) is 13.0. The van der Waals surface area contributed by atoms with Crippen molar-refractivity contribution in [3.8, 4) is 5.75 Å². The molecule has 4 aromatic rings. The van der Waals surface area contributed by atoms with E-state index in [0.29, 0.717) is 38.6 Å². The molecule has 29 heteroatoms. The number of hydrogen-bond donors (Lipinski definition) is 15. The molecule has 1 saturated heterocycles. The van der Waals surface area contributed by atoms with Gasteiger partial charge in [-0.2, -0.15) is 0 Å². The Bertz CT molecular complexity index is 2870. The predicted octanol–water partition coefficient (Wildman–Crippen LogP) is -2.57. The number of amides is 10. The summed E-state index contributed by atoms with van der Waals surface area (Å²) in [6.45, 7) is 2.85. The number of imidazole rings is 1. The highest BCUT2D eigenvalue weighted by atomic mass is 35.5. The molecule has 81 heavy (non-hydrogen) atoms. The number of likely N-dealkylation sites (tertiary alicyclic amines) is 1. The quantitative estimate of drug-likeness (QED) is 0.0110. The SMILES string of the molecule is CC(=O)N(Cl)[C@@H](Cc1c[nH]cn1)C(=O)N[C@@H](Cc1c[nH]c2ccccc12)C(=O)N[C@@H](CO)C(=O)N[C@@H](Cc1ccc(O)cc1)C(=O)NCC(=O)N[C@@H](CC(C)C)C(=O)N[C@@H](CCCNC(=N)N)C(=O)N1CCC[C@H]1C(=O)NCC(N)=O. The molecular weight excluding hydrogens is 1080 g/mol. The number of nitrogens with zero attached hydrogens (tertiary/aromatic N) is 3. The minimum atomic E-state index is -1.74. The normalized spacial score (nSPS) is 15.2. The van der Waals surface area contributed by atoms with Crippen molar-refractivity contribution >= 4 is 87.7 Å². The van der Waals surface area contributed by atoms with Crippen LogP contribution in [-0.4, -0.2) is 175 Å². The molecule has 2 aromatic heterocycles. The number of carbonyl (C=O) groups excluding carboxylic acids is 10. The molecule has 7 atom stereocenters. The van der Waals surface area contributed by atoms with Gasteiger partial charge < -0.3 is 79.1 Å². The lowest BCUT2D eigenvalue weighted by Crippen LogP contribution is -2.60. The molecule has 0 aliphatic carbocycles. The van der Waals surface area contributed by atoms with Crippen molar-refractivity contribution in [3.63, 3.8) is 0 Å². The summed E-state index contributed by atoms with van der Waals surface area (Å²) >= 11 is 6.32. The van der Waals surface area contributed by atoms with Gasteiger partial charge in [-0.15, -0.1) is 0 Å². The van der Waals surface area contributed by atoms with E-state index in [0.717, 1.165) is 6.92 Å². The van der Waals surface area contributed by atoms with Crippen molar-refractivity contribution in [2.45, 2.75) is 114 Å². The maximum Gasteiger partial charge on any atom is 0.245 e. The number of H-pyrrole nitrogens is 2. The first kappa shape index (κ1) is 63.0. The number of para-hydroxylation sites is 1. The number of carbonyl (C=O) groups is 10. The number of benzene rings is 2. The van der Waals surface area contributed by atoms with Crippen LogP contribution in [0.5, 0.6) is 5.75 Å². The standard InChI is InChI=1S/C52H71ClN16O12/c1-28(2)18-37(46(76)64-36(10-6-16-58-52(55)56)51(81)68-17-7-11-41(68)49(79)60-24-43(54)73)63-44(74)25-61-45(75)38(19-30-12-14-33(72)15-13-30)65-48(78)40(26-70)67-47(77)39(20-31-22-59-35-9-5-4-8-34(31)35)66-50(80)42(69(53)29(3)71)21-32-23-57-27-62-32/h4-5,8-9,12-15,22-23,27-28,36-42,59,70,72H,6-7,10-11,16-21,24-26H2,1-3H3,(H2,54,73)(H,57,62)(H,60,79)(H,61,75)(H,63,74)(H,64,76)(H,65,78)(H,66,80)(H,67,77)(H4,55,56,58)/t36-,37-,38-,39-,40-,41-,42-/m0/s1. The van der Waals surface area contributed by atoms with Crippen LogP contribution in [0.3, 0.4) is 0 Å². The number of aliphatic hydroxyl groups excluding tert-OH is 1. The summed E-state index contributed by atoms with van der Waals surface area (Å²) in [5.41, 5.74) is 12.7. The van der Waals surface area contributed by atoms with E-state index in [1.165, 1.54) is 41.7 Å². The summed E-state index contributed by atoms with van der Waals surface area (Å²) in [6, 6.07) is 3.27. The number of phenols is 1. The third kappa shape index (κ3) is 19.2. The number of aromatic nitrogens is 3. The zero-order valence-corrected chi connectivity index (χ0v) is 45.8. The lowest BCUT2D eigenvalue weighted by molar-refractivity contribution is -0.142. The fourth-order valence-electron chi connectivity index (χ4n) is 9.00. The third-order valence-corrected chi connectivity index (χ3v) is 13.5. The van der Waals surface area contributed by atoms with Gasteiger partial charge in [-0.1, -0.05) is 44.2 Å². The second kappa shape index (κ2) is 30.5. The van der Waals surface area contributed by atoms with Gasteiger partial charge in [-0.25, -0.2) is 9.40 Å². The van der Waals surface area contributed by atoms with Gasteiger partial charge in [0, 0.05) is 74.3 Å². The van der Waals surface area contributed by atoms with E-state index in [-0.39, 0.29) is 75.7 Å². The van der Waals surface area contributed by atoms with Crippen LogP contribution in [0, 0.1) is 11.3 Å². The van der Waals surface area contributed by atoms with Gasteiger partial charge in [0.15, 0.2) is 5.96 Å². The zero-order chi connectivity index (χ0) is 59.3. The maximum absolute atomic E-state index is 14.3. The number of rotatable bonds is 30. The van der Waals surface area contributed by atoms with Crippen LogP contribution in [-0.2, 0) is 67.2 Å². The van der Waals surface area contributed by atoms with Gasteiger partial charge in [0.2, 0.25) is 59.1 Å².